The Kier molecular flexibility index (Phi) is 5.44. The van der Waals surface area contributed by atoms with Gasteiger partial charge in [0.05, 0.1) is 12.2 Å². The Balaban J connectivity index is 1.79. The van der Waals surface area contributed by atoms with Gasteiger partial charge in [-0.05, 0) is 43.9 Å². The maximum Gasteiger partial charge on any atom is 0.147 e. The van der Waals surface area contributed by atoms with Crippen molar-refractivity contribution < 1.29 is 10.2 Å². The third kappa shape index (κ3) is 3.40. The lowest BCUT2D eigenvalue weighted by Gasteiger charge is -2.29. The van der Waals surface area contributed by atoms with Crippen LogP contribution in [0.25, 0.3) is 0 Å². The predicted octanol–water partition coefficient (Wildman–Crippen LogP) is 3.90. The lowest BCUT2D eigenvalue weighted by atomic mass is 9.87. The standard InChI is InChI=1S/C15H26Cl2O2/c1-2-12(18)6-4-3-5-10-7-8-11-9-13(19)15(16,17)14(10)11/h10-14,18-19H,2-9H2,1H3. The number of aliphatic hydroxyl groups excluding tert-OH is 2. The fraction of sp³-hybridized carbons (Fsp3) is 1.00. The number of halogens is 2. The van der Waals surface area contributed by atoms with E-state index in [0.29, 0.717) is 11.8 Å². The molecule has 0 saturated heterocycles. The van der Waals surface area contributed by atoms with E-state index in [1.165, 1.54) is 6.42 Å². The number of hydrogen-bond acceptors (Lipinski definition) is 2. The van der Waals surface area contributed by atoms with Crippen LogP contribution in [0.3, 0.4) is 0 Å². The van der Waals surface area contributed by atoms with E-state index in [0.717, 1.165) is 44.9 Å². The Morgan fingerprint density at radius 1 is 1.26 bits per heavy atom. The van der Waals surface area contributed by atoms with Crippen molar-refractivity contribution in [3.8, 4) is 0 Å². The maximum atomic E-state index is 9.96. The molecule has 0 amide bonds. The highest BCUT2D eigenvalue weighted by Crippen LogP contribution is 2.58. The highest BCUT2D eigenvalue weighted by atomic mass is 35.5. The molecule has 112 valence electrons. The van der Waals surface area contributed by atoms with Gasteiger partial charge in [-0.25, -0.2) is 0 Å². The van der Waals surface area contributed by atoms with Gasteiger partial charge >= 0.3 is 0 Å². The molecule has 4 heteroatoms. The van der Waals surface area contributed by atoms with E-state index in [1.54, 1.807) is 0 Å². The molecule has 0 spiro atoms. The monoisotopic (exact) mass is 308 g/mol. The molecule has 0 bridgehead atoms. The van der Waals surface area contributed by atoms with Crippen molar-refractivity contribution in [2.75, 3.05) is 0 Å². The average molecular weight is 309 g/mol. The van der Waals surface area contributed by atoms with Crippen LogP contribution in [-0.2, 0) is 0 Å². The van der Waals surface area contributed by atoms with Gasteiger partial charge < -0.3 is 10.2 Å². The smallest absolute Gasteiger partial charge is 0.147 e. The molecule has 0 aromatic heterocycles. The minimum atomic E-state index is -0.936. The highest BCUT2D eigenvalue weighted by Gasteiger charge is 2.57. The Bertz CT molecular complexity index is 296. The molecule has 2 aliphatic rings. The van der Waals surface area contributed by atoms with Gasteiger partial charge in [0.25, 0.3) is 0 Å². The molecule has 0 radical (unpaired) electrons. The van der Waals surface area contributed by atoms with Gasteiger partial charge in [0.1, 0.15) is 4.33 Å². The second kappa shape index (κ2) is 6.51. The third-order valence-corrected chi connectivity index (χ3v) is 6.18. The lowest BCUT2D eigenvalue weighted by Crippen LogP contribution is -2.34. The Hall–Kier alpha value is 0.500. The SMILES string of the molecule is CCC(O)CCCCC1CCC2CC(O)C(Cl)(Cl)C12. The number of hydrogen-bond donors (Lipinski definition) is 2. The predicted molar refractivity (Wildman–Crippen MR) is 79.5 cm³/mol. The van der Waals surface area contributed by atoms with Crippen LogP contribution in [0.5, 0.6) is 0 Å². The summed E-state index contributed by atoms with van der Waals surface area (Å²) in [5.74, 6) is 1.33. The van der Waals surface area contributed by atoms with Crippen LogP contribution in [0.4, 0.5) is 0 Å². The van der Waals surface area contributed by atoms with E-state index < -0.39 is 10.4 Å². The zero-order valence-corrected chi connectivity index (χ0v) is 13.2. The molecule has 0 aliphatic heterocycles. The van der Waals surface area contributed by atoms with Crippen molar-refractivity contribution in [2.45, 2.75) is 74.8 Å². The molecular weight excluding hydrogens is 283 g/mol. The molecule has 0 aromatic carbocycles. The molecule has 2 saturated carbocycles. The van der Waals surface area contributed by atoms with Gasteiger partial charge in [-0.15, -0.1) is 0 Å². The van der Waals surface area contributed by atoms with Gasteiger partial charge in [-0.3, -0.25) is 0 Å². The van der Waals surface area contributed by atoms with Gasteiger partial charge in [0.2, 0.25) is 0 Å². The maximum absolute atomic E-state index is 9.96. The number of alkyl halides is 2. The average Bonchev–Trinajstić information content (AvgIpc) is 2.86. The van der Waals surface area contributed by atoms with E-state index >= 15 is 0 Å². The summed E-state index contributed by atoms with van der Waals surface area (Å²) in [6.07, 6.45) is 7.48. The fourth-order valence-corrected chi connectivity index (χ4v) is 4.94. The van der Waals surface area contributed by atoms with Gasteiger partial charge in [0, 0.05) is 5.92 Å². The van der Waals surface area contributed by atoms with Crippen molar-refractivity contribution in [3.05, 3.63) is 0 Å². The van der Waals surface area contributed by atoms with Gasteiger partial charge in [-0.1, -0.05) is 49.4 Å². The largest absolute Gasteiger partial charge is 0.393 e. The van der Waals surface area contributed by atoms with Crippen LogP contribution in [0, 0.1) is 17.8 Å². The molecule has 19 heavy (non-hydrogen) atoms. The number of fused-ring (bicyclic) bond motifs is 1. The summed E-state index contributed by atoms with van der Waals surface area (Å²) in [6, 6.07) is 0. The van der Waals surface area contributed by atoms with Crippen LogP contribution >= 0.6 is 23.2 Å². The molecule has 5 atom stereocenters. The second-order valence-electron chi connectivity index (χ2n) is 6.40. The van der Waals surface area contributed by atoms with Crippen molar-refractivity contribution in [1.82, 2.24) is 0 Å². The fourth-order valence-electron chi connectivity index (χ4n) is 4.05. The molecule has 2 N–H and O–H groups in total. The van der Waals surface area contributed by atoms with Gasteiger partial charge in [-0.2, -0.15) is 0 Å². The minimum absolute atomic E-state index is 0.148. The molecule has 0 heterocycles. The summed E-state index contributed by atoms with van der Waals surface area (Å²) in [5, 5.41) is 19.5. The lowest BCUT2D eigenvalue weighted by molar-refractivity contribution is 0.150. The van der Waals surface area contributed by atoms with Crippen LogP contribution in [0.1, 0.15) is 58.3 Å². The van der Waals surface area contributed by atoms with E-state index in [9.17, 15) is 10.2 Å². The Labute approximate surface area is 126 Å². The molecule has 2 nitrogen and oxygen atoms in total. The summed E-state index contributed by atoms with van der Waals surface area (Å²) >= 11 is 12.7. The first-order valence-corrected chi connectivity index (χ1v) is 8.46. The molecule has 2 rings (SSSR count). The number of unbranched alkanes of at least 4 members (excludes halogenated alkanes) is 1. The highest BCUT2D eigenvalue weighted by molar-refractivity contribution is 6.49. The summed E-state index contributed by atoms with van der Waals surface area (Å²) in [7, 11) is 0. The summed E-state index contributed by atoms with van der Waals surface area (Å²) in [5.41, 5.74) is 0. The van der Waals surface area contributed by atoms with Crippen molar-refractivity contribution in [2.24, 2.45) is 17.8 Å². The van der Waals surface area contributed by atoms with Crippen LogP contribution < -0.4 is 0 Å². The number of rotatable bonds is 6. The Morgan fingerprint density at radius 3 is 2.68 bits per heavy atom. The Morgan fingerprint density at radius 2 is 2.00 bits per heavy atom. The first kappa shape index (κ1) is 15.9. The molecule has 0 aromatic rings. The van der Waals surface area contributed by atoms with Crippen LogP contribution in [0.15, 0.2) is 0 Å². The molecule has 2 fully saturated rings. The second-order valence-corrected chi connectivity index (χ2v) is 7.84. The van der Waals surface area contributed by atoms with Gasteiger partial charge in [0.15, 0.2) is 0 Å². The first-order chi connectivity index (χ1) is 8.96. The number of aliphatic hydroxyl groups is 2. The third-order valence-electron chi connectivity index (χ3n) is 5.17. The van der Waals surface area contributed by atoms with E-state index in [1.807, 2.05) is 6.92 Å². The zero-order chi connectivity index (χ0) is 14.0. The molecule has 2 aliphatic carbocycles. The van der Waals surface area contributed by atoms with Crippen LogP contribution in [-0.4, -0.2) is 26.8 Å². The first-order valence-electron chi connectivity index (χ1n) is 7.70. The summed E-state index contributed by atoms with van der Waals surface area (Å²) < 4.78 is -0.936. The van der Waals surface area contributed by atoms with Crippen LogP contribution in [0.2, 0.25) is 0 Å². The van der Waals surface area contributed by atoms with E-state index in [4.69, 9.17) is 23.2 Å². The zero-order valence-electron chi connectivity index (χ0n) is 11.7. The minimum Gasteiger partial charge on any atom is -0.393 e. The summed E-state index contributed by atoms with van der Waals surface area (Å²) in [6.45, 7) is 2.02. The normalized spacial score (nSPS) is 38.4. The van der Waals surface area contributed by atoms with Crippen molar-refractivity contribution in [1.29, 1.82) is 0 Å². The summed E-state index contributed by atoms with van der Waals surface area (Å²) in [4.78, 5) is 0. The molecular formula is C15H26Cl2O2. The molecule has 5 unspecified atom stereocenters. The van der Waals surface area contributed by atoms with Crippen molar-refractivity contribution in [3.63, 3.8) is 0 Å². The topological polar surface area (TPSA) is 40.5 Å². The van der Waals surface area contributed by atoms with E-state index in [-0.39, 0.29) is 12.0 Å². The van der Waals surface area contributed by atoms with E-state index in [2.05, 4.69) is 0 Å². The quantitative estimate of drug-likeness (QED) is 0.577. The van der Waals surface area contributed by atoms with Crippen molar-refractivity contribution >= 4 is 23.2 Å².